The molecule has 5 aromatic rings. The Morgan fingerprint density at radius 1 is 0.792 bits per heavy atom. The molecule has 0 saturated carbocycles. The molecular weight excluding hydrogens is 304 g/mol. The van der Waals surface area contributed by atoms with Crippen molar-refractivity contribution >= 4 is 43.7 Å². The molecule has 5 heteroatoms. The number of nitro groups is 1. The highest BCUT2D eigenvalue weighted by Gasteiger charge is 2.23. The molecule has 114 valence electrons. The highest BCUT2D eigenvalue weighted by Crippen LogP contribution is 2.39. The summed E-state index contributed by atoms with van der Waals surface area (Å²) in [6.07, 6.45) is 0. The van der Waals surface area contributed by atoms with Gasteiger partial charge in [0.25, 0.3) is 11.2 Å². The molecular formula is C19H10N2O3. The van der Waals surface area contributed by atoms with E-state index in [1.165, 1.54) is 6.07 Å². The van der Waals surface area contributed by atoms with Crippen LogP contribution in [0.5, 0.6) is 0 Å². The molecule has 2 aromatic heterocycles. The van der Waals surface area contributed by atoms with Crippen LogP contribution in [0.1, 0.15) is 0 Å². The van der Waals surface area contributed by atoms with E-state index < -0.39 is 0 Å². The van der Waals surface area contributed by atoms with Crippen molar-refractivity contribution in [2.24, 2.45) is 0 Å². The van der Waals surface area contributed by atoms with Crippen molar-refractivity contribution in [3.8, 4) is 0 Å². The van der Waals surface area contributed by atoms with Gasteiger partial charge in [-0.1, -0.05) is 36.4 Å². The Kier molecular flexibility index (Phi) is 2.33. The van der Waals surface area contributed by atoms with E-state index in [1.807, 2.05) is 42.5 Å². The van der Waals surface area contributed by atoms with Crippen molar-refractivity contribution in [3.05, 3.63) is 81.1 Å². The molecule has 0 radical (unpaired) electrons. The summed E-state index contributed by atoms with van der Waals surface area (Å²) < 4.78 is 1.61. The van der Waals surface area contributed by atoms with Gasteiger partial charge in [-0.2, -0.15) is 0 Å². The van der Waals surface area contributed by atoms with Gasteiger partial charge in [-0.15, -0.1) is 0 Å². The molecule has 0 unspecified atom stereocenters. The second-order valence-electron chi connectivity index (χ2n) is 5.82. The summed E-state index contributed by atoms with van der Waals surface area (Å²) in [5.41, 5.74) is 1.19. The lowest BCUT2D eigenvalue weighted by molar-refractivity contribution is -0.383. The van der Waals surface area contributed by atoms with E-state index in [-0.39, 0.29) is 16.2 Å². The summed E-state index contributed by atoms with van der Waals surface area (Å²) >= 11 is 0. The number of aromatic nitrogens is 1. The molecule has 0 bridgehead atoms. The maximum absolute atomic E-state index is 13.0. The minimum atomic E-state index is -0.388. The van der Waals surface area contributed by atoms with Crippen molar-refractivity contribution < 1.29 is 4.92 Å². The third kappa shape index (κ3) is 1.41. The number of fused-ring (bicyclic) bond motifs is 5. The summed E-state index contributed by atoms with van der Waals surface area (Å²) in [7, 11) is 0. The largest absolute Gasteiger partial charge is 0.279 e. The molecule has 0 fully saturated rings. The smallest absolute Gasteiger partial charge is 0.275 e. The second kappa shape index (κ2) is 4.29. The zero-order valence-electron chi connectivity index (χ0n) is 12.4. The molecule has 0 saturated heterocycles. The third-order valence-corrected chi connectivity index (χ3v) is 4.64. The fourth-order valence-corrected chi connectivity index (χ4v) is 3.68. The molecule has 0 aliphatic rings. The van der Waals surface area contributed by atoms with Crippen LogP contribution in [-0.2, 0) is 0 Å². The number of rotatable bonds is 1. The first-order chi connectivity index (χ1) is 11.7. The van der Waals surface area contributed by atoms with Crippen LogP contribution in [0.4, 0.5) is 5.69 Å². The first-order valence-corrected chi connectivity index (χ1v) is 7.53. The maximum Gasteiger partial charge on any atom is 0.279 e. The summed E-state index contributed by atoms with van der Waals surface area (Å²) in [5.74, 6) is 0. The molecule has 5 rings (SSSR count). The molecule has 0 aliphatic carbocycles. The Balaban J connectivity index is 2.28. The van der Waals surface area contributed by atoms with Gasteiger partial charge in [-0.3, -0.25) is 19.3 Å². The molecule has 0 N–H and O–H groups in total. The van der Waals surface area contributed by atoms with Gasteiger partial charge in [0.2, 0.25) is 0 Å². The van der Waals surface area contributed by atoms with Gasteiger partial charge in [0.1, 0.15) is 0 Å². The van der Waals surface area contributed by atoms with E-state index in [2.05, 4.69) is 0 Å². The third-order valence-electron chi connectivity index (χ3n) is 4.64. The SMILES string of the molecule is O=c1c2ccccc2c2ccc([N+](=O)[O-])c3c4ccccc4n1c23. The standard InChI is InChI=1S/C19H10N2O3/c22-19-13-6-2-1-5-11(13)12-9-10-16(21(23)24)17-14-7-3-4-8-15(14)20(19)18(12)17/h1-10H. The predicted molar refractivity (Wildman–Crippen MR) is 94.0 cm³/mol. The lowest BCUT2D eigenvalue weighted by atomic mass is 10.0. The fourth-order valence-electron chi connectivity index (χ4n) is 3.68. The summed E-state index contributed by atoms with van der Waals surface area (Å²) in [5, 5.41) is 15.1. The van der Waals surface area contributed by atoms with E-state index in [4.69, 9.17) is 0 Å². The minimum Gasteiger partial charge on any atom is -0.275 e. The van der Waals surface area contributed by atoms with Gasteiger partial charge >= 0.3 is 0 Å². The summed E-state index contributed by atoms with van der Waals surface area (Å²) in [4.78, 5) is 24.2. The van der Waals surface area contributed by atoms with E-state index >= 15 is 0 Å². The Bertz CT molecular complexity index is 1350. The number of nitro benzene ring substituents is 1. The van der Waals surface area contributed by atoms with Crippen LogP contribution in [0.25, 0.3) is 38.0 Å². The Labute approximate surface area is 134 Å². The molecule has 0 aliphatic heterocycles. The zero-order chi connectivity index (χ0) is 16.4. The van der Waals surface area contributed by atoms with E-state index in [1.54, 1.807) is 16.5 Å². The van der Waals surface area contributed by atoms with Crippen molar-refractivity contribution in [2.75, 3.05) is 0 Å². The van der Waals surface area contributed by atoms with Gasteiger partial charge in [0, 0.05) is 22.2 Å². The van der Waals surface area contributed by atoms with E-state index in [0.29, 0.717) is 21.8 Å². The number of para-hydroxylation sites is 1. The van der Waals surface area contributed by atoms with E-state index in [0.717, 1.165) is 16.2 Å². The number of non-ortho nitro benzene ring substituents is 1. The number of pyridine rings is 1. The lowest BCUT2D eigenvalue weighted by Crippen LogP contribution is -2.12. The fraction of sp³-hybridized carbons (Fsp3) is 0. The first kappa shape index (κ1) is 13.0. The quantitative estimate of drug-likeness (QED) is 0.266. The monoisotopic (exact) mass is 314 g/mol. The maximum atomic E-state index is 13.0. The lowest BCUT2D eigenvalue weighted by Gasteiger charge is -2.06. The zero-order valence-corrected chi connectivity index (χ0v) is 12.4. The van der Waals surface area contributed by atoms with E-state index in [9.17, 15) is 14.9 Å². The minimum absolute atomic E-state index is 0.0240. The normalized spacial score (nSPS) is 11.8. The average molecular weight is 314 g/mol. The topological polar surface area (TPSA) is 64.6 Å². The van der Waals surface area contributed by atoms with Crippen LogP contribution in [0, 0.1) is 10.1 Å². The Hall–Kier alpha value is -3.47. The Morgan fingerprint density at radius 3 is 2.21 bits per heavy atom. The number of hydrogen-bond donors (Lipinski definition) is 0. The Morgan fingerprint density at radius 2 is 1.46 bits per heavy atom. The first-order valence-electron chi connectivity index (χ1n) is 7.53. The van der Waals surface area contributed by atoms with Crippen LogP contribution in [0.2, 0.25) is 0 Å². The average Bonchev–Trinajstić information content (AvgIpc) is 2.95. The molecule has 5 nitrogen and oxygen atoms in total. The van der Waals surface area contributed by atoms with Crippen molar-refractivity contribution in [1.82, 2.24) is 4.40 Å². The van der Waals surface area contributed by atoms with Gasteiger partial charge in [-0.25, -0.2) is 0 Å². The molecule has 0 spiro atoms. The van der Waals surface area contributed by atoms with Crippen molar-refractivity contribution in [2.45, 2.75) is 0 Å². The second-order valence-corrected chi connectivity index (χ2v) is 5.82. The number of hydrogen-bond acceptors (Lipinski definition) is 3. The van der Waals surface area contributed by atoms with Gasteiger partial charge < -0.3 is 0 Å². The van der Waals surface area contributed by atoms with Crippen LogP contribution in [-0.4, -0.2) is 9.32 Å². The summed E-state index contributed by atoms with van der Waals surface area (Å²) in [6, 6.07) is 18.0. The molecule has 0 amide bonds. The van der Waals surface area contributed by atoms with Gasteiger partial charge in [0.15, 0.2) is 0 Å². The molecule has 3 aromatic carbocycles. The van der Waals surface area contributed by atoms with Crippen LogP contribution in [0.3, 0.4) is 0 Å². The van der Waals surface area contributed by atoms with Crippen LogP contribution in [0.15, 0.2) is 65.5 Å². The number of benzene rings is 3. The van der Waals surface area contributed by atoms with Gasteiger partial charge in [0.05, 0.1) is 21.3 Å². The number of nitrogens with zero attached hydrogens (tertiary/aromatic N) is 2. The molecule has 2 heterocycles. The highest BCUT2D eigenvalue weighted by atomic mass is 16.6. The summed E-state index contributed by atoms with van der Waals surface area (Å²) in [6.45, 7) is 0. The highest BCUT2D eigenvalue weighted by molar-refractivity contribution is 6.22. The van der Waals surface area contributed by atoms with Crippen LogP contribution >= 0.6 is 0 Å². The van der Waals surface area contributed by atoms with Crippen LogP contribution < -0.4 is 5.56 Å². The van der Waals surface area contributed by atoms with Crippen molar-refractivity contribution in [3.63, 3.8) is 0 Å². The van der Waals surface area contributed by atoms with Crippen molar-refractivity contribution in [1.29, 1.82) is 0 Å². The predicted octanol–water partition coefficient (Wildman–Crippen LogP) is 4.11. The molecule has 0 atom stereocenters. The van der Waals surface area contributed by atoms with Gasteiger partial charge in [-0.05, 0) is 23.6 Å². The molecule has 24 heavy (non-hydrogen) atoms.